The zero-order valence-electron chi connectivity index (χ0n) is 10.9. The molecule has 0 unspecified atom stereocenters. The van der Waals surface area contributed by atoms with Crippen molar-refractivity contribution in [1.29, 1.82) is 0 Å². The Kier molecular flexibility index (Phi) is 3.48. The molecule has 0 atom stereocenters. The summed E-state index contributed by atoms with van der Waals surface area (Å²) >= 11 is 0. The average Bonchev–Trinajstić information content (AvgIpc) is 2.70. The number of H-pyrrole nitrogens is 1. The minimum atomic E-state index is -3.69. The Morgan fingerprint density at radius 1 is 1.26 bits per heavy atom. The number of aromatic nitrogens is 2. The maximum Gasteiger partial charge on any atom is 0.265 e. The number of ether oxygens (including phenoxy) is 1. The molecule has 2 rings (SSSR count). The van der Waals surface area contributed by atoms with Gasteiger partial charge in [-0.3, -0.25) is 9.82 Å². The van der Waals surface area contributed by atoms with Gasteiger partial charge in [0.05, 0.1) is 24.2 Å². The van der Waals surface area contributed by atoms with Crippen molar-refractivity contribution in [1.82, 2.24) is 10.2 Å². The Hall–Kier alpha value is -2.02. The number of para-hydroxylation sites is 2. The summed E-state index contributed by atoms with van der Waals surface area (Å²) in [5.41, 5.74) is 1.32. The van der Waals surface area contributed by atoms with Crippen molar-refractivity contribution in [2.24, 2.45) is 0 Å². The van der Waals surface area contributed by atoms with Crippen molar-refractivity contribution in [3.8, 4) is 5.75 Å². The zero-order chi connectivity index (χ0) is 14.0. The number of benzene rings is 1. The second-order valence-corrected chi connectivity index (χ2v) is 5.69. The van der Waals surface area contributed by atoms with Gasteiger partial charge in [0.2, 0.25) is 0 Å². The fourth-order valence-electron chi connectivity index (χ4n) is 1.86. The molecule has 0 saturated heterocycles. The molecule has 0 aliphatic rings. The van der Waals surface area contributed by atoms with Gasteiger partial charge in [0.1, 0.15) is 10.6 Å². The highest BCUT2D eigenvalue weighted by Crippen LogP contribution is 2.27. The van der Waals surface area contributed by atoms with E-state index in [2.05, 4.69) is 14.9 Å². The third kappa shape index (κ3) is 2.55. The van der Waals surface area contributed by atoms with Crippen LogP contribution in [-0.4, -0.2) is 25.7 Å². The first kappa shape index (κ1) is 13.4. The van der Waals surface area contributed by atoms with E-state index >= 15 is 0 Å². The number of nitrogens with one attached hydrogen (secondary N) is 2. The summed E-state index contributed by atoms with van der Waals surface area (Å²) in [6.07, 6.45) is 0. The largest absolute Gasteiger partial charge is 0.495 e. The van der Waals surface area contributed by atoms with Gasteiger partial charge >= 0.3 is 0 Å². The second kappa shape index (κ2) is 4.93. The first-order chi connectivity index (χ1) is 8.95. The number of nitrogens with zero attached hydrogens (tertiary/aromatic N) is 1. The quantitative estimate of drug-likeness (QED) is 0.895. The van der Waals surface area contributed by atoms with Crippen molar-refractivity contribution in [2.75, 3.05) is 11.8 Å². The van der Waals surface area contributed by atoms with Gasteiger partial charge in [-0.05, 0) is 26.0 Å². The molecule has 2 aromatic rings. The molecule has 0 spiro atoms. The van der Waals surface area contributed by atoms with Crippen LogP contribution in [-0.2, 0) is 10.0 Å². The van der Waals surface area contributed by atoms with Crippen molar-refractivity contribution in [2.45, 2.75) is 18.7 Å². The fourth-order valence-corrected chi connectivity index (χ4v) is 3.30. The summed E-state index contributed by atoms with van der Waals surface area (Å²) in [5, 5.41) is 6.55. The van der Waals surface area contributed by atoms with E-state index in [1.165, 1.54) is 7.11 Å². The number of anilines is 1. The van der Waals surface area contributed by atoms with Crippen LogP contribution in [0.25, 0.3) is 0 Å². The minimum absolute atomic E-state index is 0.165. The number of hydrogen-bond donors (Lipinski definition) is 2. The lowest BCUT2D eigenvalue weighted by Crippen LogP contribution is -2.15. The normalized spacial score (nSPS) is 11.3. The van der Waals surface area contributed by atoms with Crippen molar-refractivity contribution in [3.63, 3.8) is 0 Å². The summed E-state index contributed by atoms with van der Waals surface area (Å²) in [5.74, 6) is 0.463. The Morgan fingerprint density at radius 3 is 2.53 bits per heavy atom. The SMILES string of the molecule is COc1ccccc1NS(=O)(=O)c1c(C)n[nH]c1C. The number of sulfonamides is 1. The smallest absolute Gasteiger partial charge is 0.265 e. The average molecular weight is 281 g/mol. The Balaban J connectivity index is 2.43. The van der Waals surface area contributed by atoms with Gasteiger partial charge in [0, 0.05) is 0 Å². The molecule has 1 heterocycles. The van der Waals surface area contributed by atoms with Gasteiger partial charge in [-0.25, -0.2) is 8.42 Å². The van der Waals surface area contributed by atoms with E-state index in [1.807, 2.05) is 0 Å². The highest BCUT2D eigenvalue weighted by atomic mass is 32.2. The second-order valence-electron chi connectivity index (χ2n) is 4.07. The predicted octanol–water partition coefficient (Wildman–Crippen LogP) is 1.84. The third-order valence-corrected chi connectivity index (χ3v) is 4.31. The topological polar surface area (TPSA) is 84.1 Å². The Morgan fingerprint density at radius 2 is 1.95 bits per heavy atom. The summed E-state index contributed by atoms with van der Waals surface area (Å²) in [4.78, 5) is 0.165. The van der Waals surface area contributed by atoms with Crippen molar-refractivity contribution >= 4 is 15.7 Å². The molecular weight excluding hydrogens is 266 g/mol. The molecule has 19 heavy (non-hydrogen) atoms. The first-order valence-electron chi connectivity index (χ1n) is 5.63. The van der Waals surface area contributed by atoms with Gasteiger partial charge in [-0.15, -0.1) is 0 Å². The Labute approximate surface area is 111 Å². The molecule has 1 aromatic heterocycles. The lowest BCUT2D eigenvalue weighted by molar-refractivity contribution is 0.417. The molecule has 7 heteroatoms. The monoisotopic (exact) mass is 281 g/mol. The van der Waals surface area contributed by atoms with Gasteiger partial charge in [0.25, 0.3) is 10.0 Å². The van der Waals surface area contributed by atoms with Gasteiger partial charge in [-0.2, -0.15) is 5.10 Å². The molecule has 6 nitrogen and oxygen atoms in total. The van der Waals surface area contributed by atoms with Gasteiger partial charge in [-0.1, -0.05) is 12.1 Å². The van der Waals surface area contributed by atoms with Crippen LogP contribution < -0.4 is 9.46 Å². The van der Waals surface area contributed by atoms with Crippen LogP contribution >= 0.6 is 0 Å². The van der Waals surface area contributed by atoms with Gasteiger partial charge < -0.3 is 4.74 Å². The van der Waals surface area contributed by atoms with Gasteiger partial charge in [0.15, 0.2) is 0 Å². The molecule has 1 aromatic carbocycles. The van der Waals surface area contributed by atoms with E-state index < -0.39 is 10.0 Å². The summed E-state index contributed by atoms with van der Waals surface area (Å²) in [7, 11) is -2.20. The van der Waals surface area contributed by atoms with E-state index in [4.69, 9.17) is 4.74 Å². The highest BCUT2D eigenvalue weighted by molar-refractivity contribution is 7.92. The molecule has 0 radical (unpaired) electrons. The number of aromatic amines is 1. The third-order valence-electron chi connectivity index (χ3n) is 2.68. The van der Waals surface area contributed by atoms with Crippen LogP contribution in [0, 0.1) is 13.8 Å². The number of methoxy groups -OCH3 is 1. The van der Waals surface area contributed by atoms with E-state index in [0.29, 0.717) is 22.8 Å². The molecule has 0 bridgehead atoms. The van der Waals surface area contributed by atoms with Crippen molar-refractivity contribution < 1.29 is 13.2 Å². The van der Waals surface area contributed by atoms with Crippen LogP contribution in [0.4, 0.5) is 5.69 Å². The summed E-state index contributed by atoms with van der Waals surface area (Å²) in [6, 6.07) is 6.83. The van der Waals surface area contributed by atoms with Crippen LogP contribution in [0.5, 0.6) is 5.75 Å². The predicted molar refractivity (Wildman–Crippen MR) is 71.9 cm³/mol. The fraction of sp³-hybridized carbons (Fsp3) is 0.250. The van der Waals surface area contributed by atoms with Crippen LogP contribution in [0.3, 0.4) is 0 Å². The van der Waals surface area contributed by atoms with Crippen LogP contribution in [0.2, 0.25) is 0 Å². The minimum Gasteiger partial charge on any atom is -0.495 e. The molecule has 0 fully saturated rings. The molecule has 0 aliphatic heterocycles. The van der Waals surface area contributed by atoms with Crippen molar-refractivity contribution in [3.05, 3.63) is 35.7 Å². The van der Waals surface area contributed by atoms with E-state index in [-0.39, 0.29) is 4.90 Å². The molecular formula is C12H15N3O3S. The Bertz CT molecular complexity index is 672. The lowest BCUT2D eigenvalue weighted by Gasteiger charge is -2.11. The number of aryl methyl sites for hydroxylation is 2. The summed E-state index contributed by atoms with van der Waals surface area (Å²) < 4.78 is 32.3. The van der Waals surface area contributed by atoms with Crippen LogP contribution in [0.1, 0.15) is 11.4 Å². The molecule has 0 saturated carbocycles. The van der Waals surface area contributed by atoms with E-state index in [9.17, 15) is 8.42 Å². The lowest BCUT2D eigenvalue weighted by atomic mass is 10.3. The standard InChI is InChI=1S/C12H15N3O3S/c1-8-12(9(2)14-13-8)19(16,17)15-10-6-4-5-7-11(10)18-3/h4-7,15H,1-3H3,(H,13,14). The first-order valence-corrected chi connectivity index (χ1v) is 7.11. The molecule has 0 aliphatic carbocycles. The highest BCUT2D eigenvalue weighted by Gasteiger charge is 2.23. The number of hydrogen-bond acceptors (Lipinski definition) is 4. The molecule has 102 valence electrons. The maximum atomic E-state index is 12.3. The zero-order valence-corrected chi connectivity index (χ0v) is 11.7. The van der Waals surface area contributed by atoms with E-state index in [0.717, 1.165) is 0 Å². The number of rotatable bonds is 4. The summed E-state index contributed by atoms with van der Waals surface area (Å²) in [6.45, 7) is 3.30. The molecule has 0 amide bonds. The molecule has 2 N–H and O–H groups in total. The van der Waals surface area contributed by atoms with E-state index in [1.54, 1.807) is 38.1 Å². The van der Waals surface area contributed by atoms with Crippen LogP contribution in [0.15, 0.2) is 29.2 Å². The maximum absolute atomic E-state index is 12.3.